The highest BCUT2D eigenvalue weighted by Gasteiger charge is 2.41. The van der Waals surface area contributed by atoms with Gasteiger partial charge in [0.25, 0.3) is 0 Å². The van der Waals surface area contributed by atoms with Crippen LogP contribution in [0.3, 0.4) is 0 Å². The van der Waals surface area contributed by atoms with Gasteiger partial charge in [-0.05, 0) is 97.5 Å². The Morgan fingerprint density at radius 2 is 0.865 bits per heavy atom. The van der Waals surface area contributed by atoms with Crippen LogP contribution in [0.25, 0.3) is 71.0 Å². The van der Waals surface area contributed by atoms with E-state index in [9.17, 15) is 13.2 Å². The van der Waals surface area contributed by atoms with Crippen LogP contribution in [0.4, 0.5) is 32.0 Å². The van der Waals surface area contributed by atoms with E-state index >= 15 is 13.2 Å². The average Bonchev–Trinajstić information content (AvgIpc) is 3.62. The van der Waals surface area contributed by atoms with E-state index in [1.807, 2.05) is 52.0 Å². The predicted molar refractivity (Wildman–Crippen MR) is 196 cm³/mol. The summed E-state index contributed by atoms with van der Waals surface area (Å²) < 4.78 is 95.7. The van der Waals surface area contributed by atoms with Crippen molar-refractivity contribution in [2.24, 2.45) is 0 Å². The summed E-state index contributed by atoms with van der Waals surface area (Å²) in [6.07, 6.45) is -9.89. The summed E-state index contributed by atoms with van der Waals surface area (Å²) >= 11 is 0. The van der Waals surface area contributed by atoms with Crippen LogP contribution in [0.5, 0.6) is 0 Å². The highest BCUT2D eigenvalue weighted by atomic mass is 19.4. The van der Waals surface area contributed by atoms with Gasteiger partial charge in [0, 0.05) is 21.5 Å². The minimum absolute atomic E-state index is 0.164. The van der Waals surface area contributed by atoms with E-state index in [4.69, 9.17) is 6.57 Å². The lowest BCUT2D eigenvalue weighted by Gasteiger charge is -2.24. The lowest BCUT2D eigenvalue weighted by atomic mass is 9.94. The Labute approximate surface area is 294 Å². The normalized spacial score (nSPS) is 12.4. The maximum absolute atomic E-state index is 16.1. The number of aryl methyl sites for hydroxylation is 4. The molecule has 0 saturated heterocycles. The van der Waals surface area contributed by atoms with Crippen LogP contribution in [-0.4, -0.2) is 9.13 Å². The predicted octanol–water partition coefficient (Wildman–Crippen LogP) is 13.4. The van der Waals surface area contributed by atoms with Crippen LogP contribution >= 0.6 is 0 Å². The Kier molecular flexibility index (Phi) is 7.33. The van der Waals surface area contributed by atoms with Gasteiger partial charge >= 0.3 is 12.4 Å². The van der Waals surface area contributed by atoms with Crippen molar-refractivity contribution in [3.05, 3.63) is 148 Å². The number of rotatable bonds is 3. The van der Waals surface area contributed by atoms with E-state index in [0.717, 1.165) is 55.9 Å². The van der Waals surface area contributed by atoms with Crippen molar-refractivity contribution in [2.75, 3.05) is 0 Å². The van der Waals surface area contributed by atoms with Crippen molar-refractivity contribution in [3.63, 3.8) is 0 Å². The summed E-state index contributed by atoms with van der Waals surface area (Å²) in [6.45, 7) is 15.4. The number of hydrogen-bond acceptors (Lipinski definition) is 0. The summed E-state index contributed by atoms with van der Waals surface area (Å²) in [5, 5.41) is 2.99. The standard InChI is InChI=1S/C43H29F6N3/c1-23-11-6-17-30-36(23)37-24(2)12-7-18-31(37)51(30)34-21-27(40-28(42(44,45)46)15-10-16-29(40)50-5)22-35(41(34)43(47,48)49)52-32-19-8-13-25(3)38(32)39-26(4)14-9-20-33(39)52/h6-22H,1-4H3. The van der Waals surface area contributed by atoms with Gasteiger partial charge in [-0.2, -0.15) is 26.3 Å². The number of aromatic nitrogens is 2. The Hall–Kier alpha value is -6.01. The van der Waals surface area contributed by atoms with Crippen LogP contribution < -0.4 is 0 Å². The lowest BCUT2D eigenvalue weighted by Crippen LogP contribution is -2.16. The SMILES string of the molecule is [C-]#[N+]c1cccc(C(F)(F)F)c1-c1cc(-n2c3cccc(C)c3c3c(C)cccc32)c(C(F)(F)F)c(-n2c3cccc(C)c3c3c(C)cccc32)c1. The third-order valence-corrected chi connectivity index (χ3v) is 10.1. The van der Waals surface area contributed by atoms with Crippen molar-refractivity contribution in [1.29, 1.82) is 0 Å². The van der Waals surface area contributed by atoms with Crippen LogP contribution in [0.15, 0.2) is 103 Å². The zero-order valence-electron chi connectivity index (χ0n) is 28.4. The fraction of sp³-hybridized carbons (Fsp3) is 0.140. The average molecular weight is 702 g/mol. The third kappa shape index (κ3) is 4.81. The van der Waals surface area contributed by atoms with Gasteiger partial charge in [-0.25, -0.2) is 4.85 Å². The Balaban J connectivity index is 1.67. The van der Waals surface area contributed by atoms with E-state index in [-0.39, 0.29) is 22.6 Å². The first-order valence-electron chi connectivity index (χ1n) is 16.5. The summed E-state index contributed by atoms with van der Waals surface area (Å²) in [4.78, 5) is 3.44. The molecular weight excluding hydrogens is 672 g/mol. The minimum Gasteiger partial charge on any atom is -0.309 e. The maximum Gasteiger partial charge on any atom is 0.420 e. The highest BCUT2D eigenvalue weighted by Crippen LogP contribution is 2.50. The van der Waals surface area contributed by atoms with E-state index in [1.54, 1.807) is 48.5 Å². The van der Waals surface area contributed by atoms with Gasteiger partial charge in [0.15, 0.2) is 5.69 Å². The molecule has 0 spiro atoms. The van der Waals surface area contributed by atoms with Crippen LogP contribution in [0, 0.1) is 34.3 Å². The molecule has 0 amide bonds. The Bertz CT molecular complexity index is 2560. The smallest absolute Gasteiger partial charge is 0.309 e. The quantitative estimate of drug-likeness (QED) is 0.129. The molecule has 258 valence electrons. The Morgan fingerprint density at radius 1 is 0.500 bits per heavy atom. The van der Waals surface area contributed by atoms with Crippen LogP contribution in [0.2, 0.25) is 0 Å². The lowest BCUT2D eigenvalue weighted by molar-refractivity contribution is -0.138. The molecule has 0 atom stereocenters. The number of nitrogens with zero attached hydrogens (tertiary/aromatic N) is 3. The van der Waals surface area contributed by atoms with Crippen molar-refractivity contribution < 1.29 is 26.3 Å². The van der Waals surface area contributed by atoms with E-state index in [0.29, 0.717) is 22.1 Å². The fourth-order valence-corrected chi connectivity index (χ4v) is 8.01. The van der Waals surface area contributed by atoms with Gasteiger partial charge in [-0.15, -0.1) is 0 Å². The molecule has 0 aliphatic carbocycles. The first kappa shape index (κ1) is 33.2. The fourth-order valence-electron chi connectivity index (χ4n) is 8.01. The monoisotopic (exact) mass is 701 g/mol. The molecule has 0 bridgehead atoms. The van der Waals surface area contributed by atoms with Crippen molar-refractivity contribution in [1.82, 2.24) is 9.13 Å². The topological polar surface area (TPSA) is 14.2 Å². The minimum atomic E-state index is -4.98. The number of benzene rings is 6. The molecule has 9 heteroatoms. The number of halogens is 6. The van der Waals surface area contributed by atoms with Gasteiger partial charge in [0.2, 0.25) is 0 Å². The maximum atomic E-state index is 16.1. The molecule has 0 fully saturated rings. The number of alkyl halides is 6. The second kappa shape index (κ2) is 11.5. The summed E-state index contributed by atoms with van der Waals surface area (Å²) in [6, 6.07) is 27.1. The first-order valence-corrected chi connectivity index (χ1v) is 16.5. The molecule has 2 heterocycles. The Morgan fingerprint density at radius 3 is 1.19 bits per heavy atom. The van der Waals surface area contributed by atoms with Gasteiger partial charge < -0.3 is 9.13 Å². The largest absolute Gasteiger partial charge is 0.420 e. The molecular formula is C43H29F6N3. The van der Waals surface area contributed by atoms with Crippen LogP contribution in [-0.2, 0) is 12.4 Å². The molecule has 8 aromatic rings. The molecule has 0 saturated carbocycles. The highest BCUT2D eigenvalue weighted by molar-refractivity contribution is 6.14. The summed E-state index contributed by atoms with van der Waals surface area (Å²) in [7, 11) is 0. The molecule has 0 aliphatic rings. The van der Waals surface area contributed by atoms with E-state index in [1.165, 1.54) is 27.3 Å². The zero-order valence-corrected chi connectivity index (χ0v) is 28.4. The summed E-state index contributed by atoms with van der Waals surface area (Å²) in [5.74, 6) is 0. The second-order valence-corrected chi connectivity index (χ2v) is 13.2. The van der Waals surface area contributed by atoms with Gasteiger partial charge in [0.1, 0.15) is 5.56 Å². The van der Waals surface area contributed by atoms with Crippen LogP contribution in [0.1, 0.15) is 33.4 Å². The molecule has 0 aliphatic heterocycles. The molecule has 52 heavy (non-hydrogen) atoms. The molecule has 8 rings (SSSR count). The molecule has 6 aromatic carbocycles. The molecule has 0 N–H and O–H groups in total. The summed E-state index contributed by atoms with van der Waals surface area (Å²) in [5.41, 5.74) is 1.45. The molecule has 3 nitrogen and oxygen atoms in total. The van der Waals surface area contributed by atoms with Gasteiger partial charge in [-0.1, -0.05) is 66.7 Å². The molecule has 0 radical (unpaired) electrons. The van der Waals surface area contributed by atoms with E-state index < -0.39 is 29.0 Å². The van der Waals surface area contributed by atoms with Crippen molar-refractivity contribution >= 4 is 49.3 Å². The van der Waals surface area contributed by atoms with Crippen molar-refractivity contribution in [2.45, 2.75) is 40.0 Å². The van der Waals surface area contributed by atoms with Gasteiger partial charge in [0.05, 0.1) is 45.6 Å². The second-order valence-electron chi connectivity index (χ2n) is 13.2. The number of fused-ring (bicyclic) bond motifs is 6. The third-order valence-electron chi connectivity index (χ3n) is 10.1. The van der Waals surface area contributed by atoms with Gasteiger partial charge in [-0.3, -0.25) is 0 Å². The molecule has 0 unspecified atom stereocenters. The van der Waals surface area contributed by atoms with Crippen molar-refractivity contribution in [3.8, 4) is 22.5 Å². The first-order chi connectivity index (χ1) is 24.7. The zero-order chi connectivity index (χ0) is 36.9. The number of hydrogen-bond donors (Lipinski definition) is 0. The molecule has 2 aromatic heterocycles. The van der Waals surface area contributed by atoms with E-state index in [2.05, 4.69) is 4.85 Å².